The van der Waals surface area contributed by atoms with Crippen LogP contribution in [0.1, 0.15) is 38.4 Å². The van der Waals surface area contributed by atoms with E-state index in [1.54, 1.807) is 0 Å². The normalized spacial score (nSPS) is 26.8. The Hall–Kier alpha value is -1.20. The van der Waals surface area contributed by atoms with Gasteiger partial charge in [-0.15, -0.1) is 0 Å². The highest BCUT2D eigenvalue weighted by Crippen LogP contribution is 2.29. The van der Waals surface area contributed by atoms with Gasteiger partial charge in [-0.3, -0.25) is 4.90 Å². The van der Waals surface area contributed by atoms with Crippen molar-refractivity contribution in [3.8, 4) is 0 Å². The molecule has 0 unspecified atom stereocenters. The van der Waals surface area contributed by atoms with E-state index in [1.807, 2.05) is 12.3 Å². The molecule has 3 rings (SSSR count). The Morgan fingerprint density at radius 2 is 2.09 bits per heavy atom. The molecule has 1 saturated heterocycles. The first-order chi connectivity index (χ1) is 10.9. The summed E-state index contributed by atoms with van der Waals surface area (Å²) in [5, 5.41) is 3.55. The van der Waals surface area contributed by atoms with Crippen molar-refractivity contribution in [1.82, 2.24) is 14.9 Å². The van der Waals surface area contributed by atoms with E-state index >= 15 is 0 Å². The number of hydrogen-bond acceptors (Lipinski definition) is 5. The molecule has 5 heteroatoms. The fourth-order valence-corrected chi connectivity index (χ4v) is 3.72. The van der Waals surface area contributed by atoms with Gasteiger partial charge >= 0.3 is 0 Å². The van der Waals surface area contributed by atoms with Gasteiger partial charge in [0.05, 0.1) is 13.2 Å². The van der Waals surface area contributed by atoms with Gasteiger partial charge in [-0.2, -0.15) is 0 Å². The van der Waals surface area contributed by atoms with Gasteiger partial charge < -0.3 is 10.1 Å². The summed E-state index contributed by atoms with van der Waals surface area (Å²) < 4.78 is 5.51. The van der Waals surface area contributed by atoms with Crippen LogP contribution in [0.2, 0.25) is 0 Å². The van der Waals surface area contributed by atoms with Crippen LogP contribution in [0, 0.1) is 5.92 Å². The second-order valence-electron chi connectivity index (χ2n) is 6.35. The first-order valence-electron chi connectivity index (χ1n) is 8.74. The molecular weight excluding hydrogens is 276 g/mol. The molecule has 0 radical (unpaired) electrons. The third-order valence-corrected chi connectivity index (χ3v) is 4.95. The Balaban J connectivity index is 1.58. The molecule has 1 saturated carbocycles. The van der Waals surface area contributed by atoms with E-state index in [4.69, 9.17) is 4.74 Å². The molecule has 2 fully saturated rings. The summed E-state index contributed by atoms with van der Waals surface area (Å²) in [4.78, 5) is 11.5. The van der Waals surface area contributed by atoms with E-state index in [9.17, 15) is 0 Å². The molecule has 5 nitrogen and oxygen atoms in total. The number of morpholine rings is 1. The predicted octanol–water partition coefficient (Wildman–Crippen LogP) is 2.34. The van der Waals surface area contributed by atoms with Gasteiger partial charge in [-0.1, -0.05) is 19.8 Å². The van der Waals surface area contributed by atoms with Crippen molar-refractivity contribution in [2.75, 3.05) is 38.2 Å². The number of rotatable bonds is 5. The molecule has 0 aromatic carbocycles. The Bertz CT molecular complexity index is 462. The van der Waals surface area contributed by atoms with Crippen LogP contribution in [0.15, 0.2) is 12.3 Å². The highest BCUT2D eigenvalue weighted by atomic mass is 16.5. The van der Waals surface area contributed by atoms with Gasteiger partial charge in [-0.05, 0) is 24.8 Å². The van der Waals surface area contributed by atoms with Gasteiger partial charge in [0.15, 0.2) is 0 Å². The number of nitrogens with one attached hydrogen (secondary N) is 1. The molecule has 22 heavy (non-hydrogen) atoms. The van der Waals surface area contributed by atoms with Crippen molar-refractivity contribution in [2.45, 2.75) is 45.1 Å². The summed E-state index contributed by atoms with van der Waals surface area (Å²) in [6.07, 6.45) is 8.12. The smallest absolute Gasteiger partial charge is 0.130 e. The zero-order valence-electron chi connectivity index (χ0n) is 13.6. The summed E-state index contributed by atoms with van der Waals surface area (Å²) in [5.74, 6) is 2.60. The van der Waals surface area contributed by atoms with Crippen molar-refractivity contribution < 1.29 is 4.74 Å². The molecule has 2 atom stereocenters. The first kappa shape index (κ1) is 15.7. The van der Waals surface area contributed by atoms with Gasteiger partial charge in [0, 0.05) is 38.3 Å². The highest BCUT2D eigenvalue weighted by molar-refractivity contribution is 5.33. The van der Waals surface area contributed by atoms with Crippen molar-refractivity contribution in [1.29, 1.82) is 0 Å². The molecule has 1 aromatic heterocycles. The minimum atomic E-state index is 0.706. The molecular formula is C17H28N4O. The van der Waals surface area contributed by atoms with E-state index in [0.29, 0.717) is 12.0 Å². The van der Waals surface area contributed by atoms with Crippen LogP contribution >= 0.6 is 0 Å². The van der Waals surface area contributed by atoms with E-state index in [-0.39, 0.29) is 0 Å². The van der Waals surface area contributed by atoms with E-state index in [0.717, 1.165) is 50.9 Å². The number of nitrogens with zero attached hydrogens (tertiary/aromatic N) is 3. The maximum atomic E-state index is 5.51. The van der Waals surface area contributed by atoms with Gasteiger partial charge in [-0.25, -0.2) is 9.97 Å². The number of ether oxygens (including phenoxy) is 1. The molecule has 0 spiro atoms. The Morgan fingerprint density at radius 3 is 2.91 bits per heavy atom. The van der Waals surface area contributed by atoms with Gasteiger partial charge in [0.1, 0.15) is 11.6 Å². The summed E-state index contributed by atoms with van der Waals surface area (Å²) in [6.45, 7) is 7.07. The van der Waals surface area contributed by atoms with Crippen molar-refractivity contribution in [3.05, 3.63) is 18.1 Å². The van der Waals surface area contributed by atoms with Gasteiger partial charge in [0.25, 0.3) is 0 Å². The largest absolute Gasteiger partial charge is 0.379 e. The fourth-order valence-electron chi connectivity index (χ4n) is 3.72. The molecule has 1 aliphatic carbocycles. The monoisotopic (exact) mass is 304 g/mol. The third kappa shape index (κ3) is 3.96. The molecule has 0 amide bonds. The molecule has 1 aromatic rings. The second-order valence-corrected chi connectivity index (χ2v) is 6.35. The van der Waals surface area contributed by atoms with Crippen molar-refractivity contribution >= 4 is 5.82 Å². The Morgan fingerprint density at radius 1 is 1.27 bits per heavy atom. The maximum Gasteiger partial charge on any atom is 0.130 e. The van der Waals surface area contributed by atoms with E-state index < -0.39 is 0 Å². The maximum absolute atomic E-state index is 5.51. The number of aryl methyl sites for hydroxylation is 1. The van der Waals surface area contributed by atoms with Crippen LogP contribution in [0.25, 0.3) is 0 Å². The fraction of sp³-hybridized carbons (Fsp3) is 0.765. The van der Waals surface area contributed by atoms with Crippen LogP contribution in [0.3, 0.4) is 0 Å². The van der Waals surface area contributed by atoms with Crippen LogP contribution < -0.4 is 5.32 Å². The minimum Gasteiger partial charge on any atom is -0.379 e. The predicted molar refractivity (Wildman–Crippen MR) is 88.0 cm³/mol. The standard InChI is InChI=1S/C17H28N4O/c1-2-16-18-8-7-17(20-16)19-13-14-5-3-4-6-15(14)21-9-11-22-12-10-21/h7-8,14-15H,2-6,9-13H2,1H3,(H,18,19,20)/t14-,15-/m0/s1. The average molecular weight is 304 g/mol. The van der Waals surface area contributed by atoms with Gasteiger partial charge in [0.2, 0.25) is 0 Å². The number of hydrogen-bond donors (Lipinski definition) is 1. The molecule has 1 N–H and O–H groups in total. The van der Waals surface area contributed by atoms with Crippen LogP contribution in [0.5, 0.6) is 0 Å². The topological polar surface area (TPSA) is 50.3 Å². The lowest BCUT2D eigenvalue weighted by Crippen LogP contribution is -2.49. The number of anilines is 1. The van der Waals surface area contributed by atoms with Crippen LogP contribution in [0.4, 0.5) is 5.82 Å². The van der Waals surface area contributed by atoms with E-state index in [1.165, 1.54) is 25.7 Å². The lowest BCUT2D eigenvalue weighted by Gasteiger charge is -2.41. The minimum absolute atomic E-state index is 0.706. The first-order valence-corrected chi connectivity index (χ1v) is 8.74. The molecule has 122 valence electrons. The molecule has 2 aliphatic rings. The summed E-state index contributed by atoms with van der Waals surface area (Å²) in [5.41, 5.74) is 0. The zero-order valence-corrected chi connectivity index (χ0v) is 13.6. The SMILES string of the molecule is CCc1nccc(NC[C@@H]2CCCC[C@@H]2N2CCOCC2)n1. The summed E-state index contributed by atoms with van der Waals surface area (Å²) >= 11 is 0. The summed E-state index contributed by atoms with van der Waals surface area (Å²) in [6, 6.07) is 2.68. The quantitative estimate of drug-likeness (QED) is 0.905. The number of aromatic nitrogens is 2. The molecule has 1 aliphatic heterocycles. The average Bonchev–Trinajstić information content (AvgIpc) is 2.61. The Labute approximate surface area is 133 Å². The lowest BCUT2D eigenvalue weighted by atomic mass is 9.83. The second kappa shape index (κ2) is 7.88. The van der Waals surface area contributed by atoms with Crippen molar-refractivity contribution in [2.24, 2.45) is 5.92 Å². The zero-order chi connectivity index (χ0) is 15.2. The summed E-state index contributed by atoms with van der Waals surface area (Å²) in [7, 11) is 0. The lowest BCUT2D eigenvalue weighted by molar-refractivity contribution is -0.00541. The molecule has 0 bridgehead atoms. The Kier molecular flexibility index (Phi) is 5.62. The van der Waals surface area contributed by atoms with Crippen LogP contribution in [-0.2, 0) is 11.2 Å². The van der Waals surface area contributed by atoms with Crippen molar-refractivity contribution in [3.63, 3.8) is 0 Å². The van der Waals surface area contributed by atoms with E-state index in [2.05, 4.69) is 27.1 Å². The molecule has 2 heterocycles. The highest BCUT2D eigenvalue weighted by Gasteiger charge is 2.30. The third-order valence-electron chi connectivity index (χ3n) is 4.95. The van der Waals surface area contributed by atoms with Crippen LogP contribution in [-0.4, -0.2) is 53.8 Å².